The normalized spacial score (nSPS) is 16.3. The summed E-state index contributed by atoms with van der Waals surface area (Å²) in [6.45, 7) is 1.79. The first-order chi connectivity index (χ1) is 12.7. The van der Waals surface area contributed by atoms with Gasteiger partial charge < -0.3 is 14.3 Å². The quantitative estimate of drug-likeness (QED) is 0.758. The van der Waals surface area contributed by atoms with Gasteiger partial charge in [0.15, 0.2) is 5.69 Å². The van der Waals surface area contributed by atoms with E-state index in [4.69, 9.17) is 8.94 Å². The minimum absolute atomic E-state index is 0.0104. The molecule has 4 rings (SSSR count). The number of nitrogens with zero attached hydrogens (tertiary/aromatic N) is 3. The SMILES string of the molecule is Cc1cc(-c2nnc(CCC(=O)NC3CCCc4ccccc43)o2)no1. The number of fused-ring (bicyclic) bond motifs is 1. The smallest absolute Gasteiger partial charge is 0.269 e. The third-order valence-electron chi connectivity index (χ3n) is 4.58. The summed E-state index contributed by atoms with van der Waals surface area (Å²) in [6, 6.07) is 10.1. The second-order valence-electron chi connectivity index (χ2n) is 6.53. The number of aryl methyl sites for hydroxylation is 3. The predicted octanol–water partition coefficient (Wildman–Crippen LogP) is 3.16. The van der Waals surface area contributed by atoms with Gasteiger partial charge in [-0.1, -0.05) is 29.4 Å². The summed E-state index contributed by atoms with van der Waals surface area (Å²) in [7, 11) is 0. The summed E-state index contributed by atoms with van der Waals surface area (Å²) in [5.41, 5.74) is 3.06. The van der Waals surface area contributed by atoms with Crippen LogP contribution in [0, 0.1) is 6.92 Å². The van der Waals surface area contributed by atoms with Gasteiger partial charge in [-0.15, -0.1) is 10.2 Å². The van der Waals surface area contributed by atoms with Gasteiger partial charge >= 0.3 is 0 Å². The molecule has 7 heteroatoms. The largest absolute Gasteiger partial charge is 0.419 e. The maximum absolute atomic E-state index is 12.3. The van der Waals surface area contributed by atoms with E-state index in [1.165, 1.54) is 11.1 Å². The molecule has 0 bridgehead atoms. The van der Waals surface area contributed by atoms with Crippen molar-refractivity contribution in [2.45, 2.75) is 45.1 Å². The molecule has 2 heterocycles. The Morgan fingerprint density at radius 1 is 1.31 bits per heavy atom. The second kappa shape index (κ2) is 7.11. The molecule has 1 N–H and O–H groups in total. The molecular weight excluding hydrogens is 332 g/mol. The topological polar surface area (TPSA) is 94.1 Å². The average molecular weight is 352 g/mol. The zero-order valence-corrected chi connectivity index (χ0v) is 14.6. The van der Waals surface area contributed by atoms with Crippen molar-refractivity contribution in [3.8, 4) is 11.6 Å². The summed E-state index contributed by atoms with van der Waals surface area (Å²) in [4.78, 5) is 12.3. The molecule has 26 heavy (non-hydrogen) atoms. The number of benzene rings is 1. The van der Waals surface area contributed by atoms with Gasteiger partial charge in [-0.3, -0.25) is 4.79 Å². The molecule has 0 saturated carbocycles. The number of aromatic nitrogens is 3. The number of hydrogen-bond donors (Lipinski definition) is 1. The van der Waals surface area contributed by atoms with Crippen molar-refractivity contribution in [1.82, 2.24) is 20.7 Å². The van der Waals surface area contributed by atoms with Crippen LogP contribution in [0.3, 0.4) is 0 Å². The molecule has 0 aliphatic heterocycles. The lowest BCUT2D eigenvalue weighted by Crippen LogP contribution is -2.31. The molecule has 7 nitrogen and oxygen atoms in total. The standard InChI is InChI=1S/C19H20N4O3/c1-12-11-16(23-26-12)19-22-21-18(25-19)10-9-17(24)20-15-8-4-6-13-5-2-3-7-14(13)15/h2-3,5,7,11,15H,4,6,8-10H2,1H3,(H,20,24). The van der Waals surface area contributed by atoms with E-state index in [-0.39, 0.29) is 11.9 Å². The van der Waals surface area contributed by atoms with Crippen LogP contribution in [-0.4, -0.2) is 21.3 Å². The van der Waals surface area contributed by atoms with Crippen LogP contribution in [0.1, 0.15) is 48.1 Å². The van der Waals surface area contributed by atoms with Crippen molar-refractivity contribution < 1.29 is 13.7 Å². The first-order valence-electron chi connectivity index (χ1n) is 8.82. The van der Waals surface area contributed by atoms with Crippen LogP contribution in [0.15, 0.2) is 39.3 Å². The van der Waals surface area contributed by atoms with Crippen molar-refractivity contribution in [1.29, 1.82) is 0 Å². The zero-order valence-electron chi connectivity index (χ0n) is 14.6. The highest BCUT2D eigenvalue weighted by atomic mass is 16.5. The Labute approximate surface area is 150 Å². The molecule has 1 atom stereocenters. The number of nitrogens with one attached hydrogen (secondary N) is 1. The number of rotatable bonds is 5. The van der Waals surface area contributed by atoms with E-state index in [1.807, 2.05) is 12.1 Å². The number of carbonyl (C=O) groups is 1. The fourth-order valence-corrected chi connectivity index (χ4v) is 3.32. The van der Waals surface area contributed by atoms with Gasteiger partial charge in [0.05, 0.1) is 6.04 Å². The van der Waals surface area contributed by atoms with E-state index in [9.17, 15) is 4.79 Å². The van der Waals surface area contributed by atoms with E-state index in [0.29, 0.717) is 36.1 Å². The van der Waals surface area contributed by atoms with Gasteiger partial charge in [0.1, 0.15) is 5.76 Å². The lowest BCUT2D eigenvalue weighted by atomic mass is 9.87. The lowest BCUT2D eigenvalue weighted by molar-refractivity contribution is -0.122. The van der Waals surface area contributed by atoms with E-state index >= 15 is 0 Å². The monoisotopic (exact) mass is 352 g/mol. The molecule has 0 fully saturated rings. The van der Waals surface area contributed by atoms with Crippen LogP contribution >= 0.6 is 0 Å². The highest BCUT2D eigenvalue weighted by molar-refractivity contribution is 5.76. The Balaban J connectivity index is 1.34. The third kappa shape index (κ3) is 3.51. The summed E-state index contributed by atoms with van der Waals surface area (Å²) < 4.78 is 10.6. The molecule has 1 unspecified atom stereocenters. The average Bonchev–Trinajstić information content (AvgIpc) is 3.29. The molecule has 0 saturated heterocycles. The first-order valence-corrected chi connectivity index (χ1v) is 8.82. The van der Waals surface area contributed by atoms with Gasteiger partial charge in [-0.2, -0.15) is 0 Å². The van der Waals surface area contributed by atoms with Crippen LogP contribution in [-0.2, 0) is 17.6 Å². The van der Waals surface area contributed by atoms with Crippen LogP contribution in [0.5, 0.6) is 0 Å². The predicted molar refractivity (Wildman–Crippen MR) is 93.1 cm³/mol. The molecule has 2 aromatic heterocycles. The van der Waals surface area contributed by atoms with E-state index in [0.717, 1.165) is 19.3 Å². The van der Waals surface area contributed by atoms with E-state index in [2.05, 4.69) is 32.8 Å². The molecule has 0 spiro atoms. The van der Waals surface area contributed by atoms with Crippen molar-refractivity contribution in [2.24, 2.45) is 0 Å². The van der Waals surface area contributed by atoms with Crippen LogP contribution in [0.25, 0.3) is 11.6 Å². The summed E-state index contributed by atoms with van der Waals surface area (Å²) in [5, 5.41) is 14.9. The number of carbonyl (C=O) groups excluding carboxylic acids is 1. The lowest BCUT2D eigenvalue weighted by Gasteiger charge is -2.26. The number of hydrogen-bond acceptors (Lipinski definition) is 6. The fourth-order valence-electron chi connectivity index (χ4n) is 3.32. The molecule has 3 aromatic rings. The Morgan fingerprint density at radius 3 is 3.04 bits per heavy atom. The first kappa shape index (κ1) is 16.5. The van der Waals surface area contributed by atoms with Crippen molar-refractivity contribution in [3.63, 3.8) is 0 Å². The minimum Gasteiger partial charge on any atom is -0.419 e. The fraction of sp³-hybridized carbons (Fsp3) is 0.368. The molecule has 134 valence electrons. The second-order valence-corrected chi connectivity index (χ2v) is 6.53. The maximum Gasteiger partial charge on any atom is 0.269 e. The van der Waals surface area contributed by atoms with Crippen LogP contribution < -0.4 is 5.32 Å². The van der Waals surface area contributed by atoms with Gasteiger partial charge in [-0.25, -0.2) is 0 Å². The van der Waals surface area contributed by atoms with E-state index < -0.39 is 0 Å². The summed E-state index contributed by atoms with van der Waals surface area (Å²) >= 11 is 0. The Hall–Kier alpha value is -2.96. The van der Waals surface area contributed by atoms with Crippen molar-refractivity contribution >= 4 is 5.91 Å². The maximum atomic E-state index is 12.3. The molecule has 1 aliphatic carbocycles. The van der Waals surface area contributed by atoms with Crippen molar-refractivity contribution in [3.05, 3.63) is 53.1 Å². The Morgan fingerprint density at radius 2 is 2.19 bits per heavy atom. The number of amides is 1. The Bertz CT molecular complexity index is 915. The van der Waals surface area contributed by atoms with Gasteiger partial charge in [0.2, 0.25) is 11.8 Å². The Kier molecular flexibility index (Phi) is 4.51. The van der Waals surface area contributed by atoms with Gasteiger partial charge in [0.25, 0.3) is 5.89 Å². The highest BCUT2D eigenvalue weighted by Gasteiger charge is 2.21. The van der Waals surface area contributed by atoms with Crippen molar-refractivity contribution in [2.75, 3.05) is 0 Å². The van der Waals surface area contributed by atoms with E-state index in [1.54, 1.807) is 13.0 Å². The van der Waals surface area contributed by atoms with Crippen LogP contribution in [0.2, 0.25) is 0 Å². The molecule has 1 aliphatic rings. The minimum atomic E-state index is -0.0104. The van der Waals surface area contributed by atoms with Crippen LogP contribution in [0.4, 0.5) is 0 Å². The molecular formula is C19H20N4O3. The highest BCUT2D eigenvalue weighted by Crippen LogP contribution is 2.29. The zero-order chi connectivity index (χ0) is 17.9. The molecule has 0 radical (unpaired) electrons. The van der Waals surface area contributed by atoms with Gasteiger partial charge in [-0.05, 0) is 37.3 Å². The molecule has 1 aromatic carbocycles. The summed E-state index contributed by atoms with van der Waals surface area (Å²) in [5.74, 6) is 1.38. The van der Waals surface area contributed by atoms with Gasteiger partial charge in [0, 0.05) is 18.9 Å². The third-order valence-corrected chi connectivity index (χ3v) is 4.58. The summed E-state index contributed by atoms with van der Waals surface area (Å²) in [6.07, 6.45) is 3.84. The molecule has 1 amide bonds.